The van der Waals surface area contributed by atoms with E-state index in [1.54, 1.807) is 30.3 Å². The lowest BCUT2D eigenvalue weighted by atomic mass is 10.2. The van der Waals surface area contributed by atoms with Crippen LogP contribution in [0.5, 0.6) is 5.75 Å². The maximum atomic E-state index is 12.9. The highest BCUT2D eigenvalue weighted by Crippen LogP contribution is 2.24. The summed E-state index contributed by atoms with van der Waals surface area (Å²) in [7, 11) is 0. The van der Waals surface area contributed by atoms with Crippen molar-refractivity contribution in [3.63, 3.8) is 0 Å². The van der Waals surface area contributed by atoms with Crippen LogP contribution in [0.15, 0.2) is 42.5 Å². The normalized spacial score (nSPS) is 10.2. The van der Waals surface area contributed by atoms with E-state index in [-0.39, 0.29) is 12.4 Å². The van der Waals surface area contributed by atoms with Crippen molar-refractivity contribution in [1.29, 1.82) is 0 Å². The number of nitrogens with two attached hydrogens (primary N) is 1. The van der Waals surface area contributed by atoms with E-state index < -0.39 is 0 Å². The summed E-state index contributed by atoms with van der Waals surface area (Å²) in [5.74, 6) is 0.110. The van der Waals surface area contributed by atoms with Crippen LogP contribution >= 0.6 is 11.6 Å². The number of rotatable bonds is 3. The van der Waals surface area contributed by atoms with Crippen LogP contribution in [0.3, 0.4) is 0 Å². The van der Waals surface area contributed by atoms with Gasteiger partial charge in [0.05, 0.1) is 0 Å². The number of ether oxygens (including phenoxy) is 1. The molecule has 0 aliphatic heterocycles. The first-order chi connectivity index (χ1) is 8.16. The third-order valence-corrected chi connectivity index (χ3v) is 2.69. The molecule has 2 aromatic rings. The highest BCUT2D eigenvalue weighted by Gasteiger charge is 2.05. The van der Waals surface area contributed by atoms with E-state index >= 15 is 0 Å². The Hall–Kier alpha value is -1.74. The standard InChI is InChI=1S/C13H11ClFNO/c14-12-5-2-6-13(16)11(12)8-17-10-4-1-3-9(15)7-10/h1-7H,8,16H2. The molecule has 4 heteroatoms. The minimum absolute atomic E-state index is 0.217. The van der Waals surface area contributed by atoms with Gasteiger partial charge < -0.3 is 10.5 Å². The Morgan fingerprint density at radius 3 is 2.65 bits per heavy atom. The van der Waals surface area contributed by atoms with Gasteiger partial charge >= 0.3 is 0 Å². The molecule has 0 unspecified atom stereocenters. The molecule has 0 saturated heterocycles. The molecule has 88 valence electrons. The van der Waals surface area contributed by atoms with Crippen molar-refractivity contribution in [3.8, 4) is 5.75 Å². The number of hydrogen-bond acceptors (Lipinski definition) is 2. The van der Waals surface area contributed by atoms with E-state index in [0.717, 1.165) is 0 Å². The first kappa shape index (κ1) is 11.7. The van der Waals surface area contributed by atoms with Gasteiger partial charge in [0.2, 0.25) is 0 Å². The summed E-state index contributed by atoms with van der Waals surface area (Å²) < 4.78 is 18.4. The Kier molecular flexibility index (Phi) is 3.49. The lowest BCUT2D eigenvalue weighted by Gasteiger charge is -2.10. The number of benzene rings is 2. The highest BCUT2D eigenvalue weighted by molar-refractivity contribution is 6.31. The number of halogens is 2. The van der Waals surface area contributed by atoms with Crippen molar-refractivity contribution in [2.75, 3.05) is 5.73 Å². The van der Waals surface area contributed by atoms with Crippen LogP contribution in [0.4, 0.5) is 10.1 Å². The molecule has 0 fully saturated rings. The van der Waals surface area contributed by atoms with Crippen LogP contribution in [0.2, 0.25) is 5.02 Å². The third-order valence-electron chi connectivity index (χ3n) is 2.33. The summed E-state index contributed by atoms with van der Waals surface area (Å²) in [5, 5.41) is 0.543. The Morgan fingerprint density at radius 2 is 1.94 bits per heavy atom. The van der Waals surface area contributed by atoms with E-state index in [2.05, 4.69) is 0 Å². The van der Waals surface area contributed by atoms with Gasteiger partial charge in [0.25, 0.3) is 0 Å². The summed E-state index contributed by atoms with van der Waals surface area (Å²) in [5.41, 5.74) is 7.05. The van der Waals surface area contributed by atoms with Crippen molar-refractivity contribution in [2.24, 2.45) is 0 Å². The largest absolute Gasteiger partial charge is 0.489 e. The van der Waals surface area contributed by atoms with E-state index in [9.17, 15) is 4.39 Å². The Labute approximate surface area is 104 Å². The van der Waals surface area contributed by atoms with Gasteiger partial charge in [-0.15, -0.1) is 0 Å². The maximum absolute atomic E-state index is 12.9. The Bertz CT molecular complexity index is 510. The topological polar surface area (TPSA) is 35.2 Å². The molecule has 0 saturated carbocycles. The zero-order valence-electron chi connectivity index (χ0n) is 8.99. The summed E-state index contributed by atoms with van der Waals surface area (Å²) in [6, 6.07) is 11.2. The number of anilines is 1. The van der Waals surface area contributed by atoms with Crippen LogP contribution < -0.4 is 10.5 Å². The minimum Gasteiger partial charge on any atom is -0.489 e. The molecular formula is C13H11ClFNO. The van der Waals surface area contributed by atoms with E-state index in [1.165, 1.54) is 12.1 Å². The molecular weight excluding hydrogens is 241 g/mol. The van der Waals surface area contributed by atoms with Gasteiger partial charge in [0.15, 0.2) is 0 Å². The van der Waals surface area contributed by atoms with Gasteiger partial charge in [0.1, 0.15) is 18.2 Å². The predicted octanol–water partition coefficient (Wildman–Crippen LogP) is 3.64. The summed E-state index contributed by atoms with van der Waals surface area (Å²) in [4.78, 5) is 0. The first-order valence-electron chi connectivity index (χ1n) is 5.08. The fourth-order valence-electron chi connectivity index (χ4n) is 1.44. The fraction of sp³-hybridized carbons (Fsp3) is 0.0769. The molecule has 2 rings (SSSR count). The lowest BCUT2D eigenvalue weighted by Crippen LogP contribution is -2.01. The Morgan fingerprint density at radius 1 is 1.18 bits per heavy atom. The molecule has 0 aliphatic rings. The van der Waals surface area contributed by atoms with Crippen molar-refractivity contribution >= 4 is 17.3 Å². The van der Waals surface area contributed by atoms with Crippen molar-refractivity contribution < 1.29 is 9.13 Å². The fourth-order valence-corrected chi connectivity index (χ4v) is 1.68. The first-order valence-corrected chi connectivity index (χ1v) is 5.46. The summed E-state index contributed by atoms with van der Waals surface area (Å²) in [6.07, 6.45) is 0. The molecule has 0 atom stereocenters. The van der Waals surface area contributed by atoms with Crippen molar-refractivity contribution in [2.45, 2.75) is 6.61 Å². The molecule has 0 amide bonds. The number of nitrogen functional groups attached to an aromatic ring is 1. The van der Waals surface area contributed by atoms with E-state index in [0.29, 0.717) is 22.0 Å². The SMILES string of the molecule is Nc1cccc(Cl)c1COc1cccc(F)c1. The zero-order chi connectivity index (χ0) is 12.3. The number of hydrogen-bond donors (Lipinski definition) is 1. The van der Waals surface area contributed by atoms with Gasteiger partial charge in [-0.1, -0.05) is 23.7 Å². The van der Waals surface area contributed by atoms with Crippen LogP contribution in [0.25, 0.3) is 0 Å². The molecule has 0 bridgehead atoms. The smallest absolute Gasteiger partial charge is 0.126 e. The van der Waals surface area contributed by atoms with Gasteiger partial charge in [-0.2, -0.15) is 0 Å². The zero-order valence-corrected chi connectivity index (χ0v) is 9.75. The highest BCUT2D eigenvalue weighted by atomic mass is 35.5. The summed E-state index contributed by atoms with van der Waals surface area (Å²) >= 11 is 5.99. The van der Waals surface area contributed by atoms with Crippen molar-refractivity contribution in [3.05, 3.63) is 58.9 Å². The average Bonchev–Trinajstić information content (AvgIpc) is 2.28. The monoisotopic (exact) mass is 251 g/mol. The van der Waals surface area contributed by atoms with Gasteiger partial charge in [-0.05, 0) is 24.3 Å². The van der Waals surface area contributed by atoms with Gasteiger partial charge in [0, 0.05) is 22.3 Å². The van der Waals surface area contributed by atoms with Crippen molar-refractivity contribution in [1.82, 2.24) is 0 Å². The Balaban J connectivity index is 2.13. The molecule has 0 aromatic heterocycles. The van der Waals surface area contributed by atoms with Gasteiger partial charge in [-0.3, -0.25) is 0 Å². The second-order valence-electron chi connectivity index (χ2n) is 3.55. The summed E-state index contributed by atoms with van der Waals surface area (Å²) in [6.45, 7) is 0.217. The van der Waals surface area contributed by atoms with Crippen LogP contribution in [0, 0.1) is 5.82 Å². The lowest BCUT2D eigenvalue weighted by molar-refractivity contribution is 0.305. The van der Waals surface area contributed by atoms with Crippen LogP contribution in [-0.4, -0.2) is 0 Å². The molecule has 0 aliphatic carbocycles. The third kappa shape index (κ3) is 2.88. The molecule has 0 spiro atoms. The van der Waals surface area contributed by atoms with E-state index in [4.69, 9.17) is 22.1 Å². The quantitative estimate of drug-likeness (QED) is 0.846. The predicted molar refractivity (Wildman–Crippen MR) is 66.6 cm³/mol. The average molecular weight is 252 g/mol. The second kappa shape index (κ2) is 5.06. The molecule has 0 heterocycles. The van der Waals surface area contributed by atoms with Gasteiger partial charge in [-0.25, -0.2) is 4.39 Å². The maximum Gasteiger partial charge on any atom is 0.126 e. The molecule has 2 aromatic carbocycles. The van der Waals surface area contributed by atoms with E-state index in [1.807, 2.05) is 0 Å². The molecule has 17 heavy (non-hydrogen) atoms. The minimum atomic E-state index is -0.338. The van der Waals surface area contributed by atoms with Crippen LogP contribution in [0.1, 0.15) is 5.56 Å². The molecule has 2 N–H and O–H groups in total. The molecule has 0 radical (unpaired) electrons. The molecule has 2 nitrogen and oxygen atoms in total. The second-order valence-corrected chi connectivity index (χ2v) is 3.96. The van der Waals surface area contributed by atoms with Crippen LogP contribution in [-0.2, 0) is 6.61 Å².